The van der Waals surface area contributed by atoms with Crippen LogP contribution in [0, 0.1) is 0 Å². The molecule has 0 amide bonds. The maximum atomic E-state index is 12.6. The normalized spacial score (nSPS) is 28.7. The number of rotatable bonds is 2. The summed E-state index contributed by atoms with van der Waals surface area (Å²) in [4.78, 5) is 9.89. The first kappa shape index (κ1) is 9.57. The van der Waals surface area contributed by atoms with Gasteiger partial charge >= 0.3 is 5.92 Å². The van der Waals surface area contributed by atoms with Crippen molar-refractivity contribution in [3.63, 3.8) is 0 Å². The summed E-state index contributed by atoms with van der Waals surface area (Å²) in [6.45, 7) is 0. The number of carbonyl (C=O) groups is 1. The van der Waals surface area contributed by atoms with Gasteiger partial charge in [0.2, 0.25) is 0 Å². The Morgan fingerprint density at radius 3 is 2.33 bits per heavy atom. The second kappa shape index (κ2) is 2.76. The Morgan fingerprint density at radius 1 is 1.42 bits per heavy atom. The predicted octanol–water partition coefficient (Wildman–Crippen LogP) is 0.398. The van der Waals surface area contributed by atoms with Crippen molar-refractivity contribution in [2.24, 2.45) is 0 Å². The highest BCUT2D eigenvalue weighted by Gasteiger charge is 2.50. The largest absolute Gasteiger partial charge is 0.318 e. The number of halogens is 2. The van der Waals surface area contributed by atoms with E-state index < -0.39 is 27.3 Å². The summed E-state index contributed by atoms with van der Waals surface area (Å²) in [7, 11) is -3.74. The van der Waals surface area contributed by atoms with Crippen LogP contribution in [0.3, 0.4) is 0 Å². The van der Waals surface area contributed by atoms with Gasteiger partial charge in [-0.05, 0) is 12.8 Å². The maximum Gasteiger partial charge on any atom is 0.318 e. The smallest absolute Gasteiger partial charge is 0.297 e. The molecule has 0 aromatic carbocycles. The Labute approximate surface area is 68.7 Å². The van der Waals surface area contributed by atoms with Crippen molar-refractivity contribution < 1.29 is 22.0 Å². The minimum absolute atomic E-state index is 0.117. The summed E-state index contributed by atoms with van der Waals surface area (Å²) >= 11 is 0. The fourth-order valence-corrected chi connectivity index (χ4v) is 3.21. The average molecular weight is 198 g/mol. The number of alkyl halides is 2. The van der Waals surface area contributed by atoms with Crippen molar-refractivity contribution in [1.82, 2.24) is 0 Å². The van der Waals surface area contributed by atoms with Crippen molar-refractivity contribution >= 4 is 16.1 Å². The molecule has 70 valence electrons. The van der Waals surface area contributed by atoms with Gasteiger partial charge in [-0.1, -0.05) is 0 Å². The van der Waals surface area contributed by atoms with E-state index in [9.17, 15) is 22.0 Å². The van der Waals surface area contributed by atoms with E-state index in [1.807, 2.05) is 0 Å². The molecule has 1 fully saturated rings. The molecule has 6 heteroatoms. The molecule has 0 bridgehead atoms. The van der Waals surface area contributed by atoms with Crippen molar-refractivity contribution in [3.8, 4) is 0 Å². The van der Waals surface area contributed by atoms with Gasteiger partial charge in [0, 0.05) is 0 Å². The van der Waals surface area contributed by atoms with E-state index >= 15 is 0 Å². The Balaban J connectivity index is 2.97. The van der Waals surface area contributed by atoms with Crippen molar-refractivity contribution in [3.05, 3.63) is 0 Å². The molecule has 0 aromatic heterocycles. The lowest BCUT2D eigenvalue weighted by atomic mass is 10.2. The highest BCUT2D eigenvalue weighted by Crippen LogP contribution is 2.31. The van der Waals surface area contributed by atoms with Crippen LogP contribution in [0.25, 0.3) is 0 Å². The van der Waals surface area contributed by atoms with Crippen LogP contribution in [0.4, 0.5) is 8.78 Å². The molecule has 1 aliphatic heterocycles. The number of hydrogen-bond donors (Lipinski definition) is 0. The molecular weight excluding hydrogens is 190 g/mol. The Bertz CT molecular complexity index is 283. The highest BCUT2D eigenvalue weighted by atomic mass is 32.2. The molecule has 0 saturated carbocycles. The Kier molecular flexibility index (Phi) is 2.20. The first-order valence-corrected chi connectivity index (χ1v) is 5.17. The number of aldehydes is 1. The molecule has 1 aliphatic rings. The van der Waals surface area contributed by atoms with E-state index in [4.69, 9.17) is 0 Å². The van der Waals surface area contributed by atoms with Crippen LogP contribution in [0.15, 0.2) is 0 Å². The summed E-state index contributed by atoms with van der Waals surface area (Å²) in [6.07, 6.45) is -0.481. The Hall–Kier alpha value is -0.520. The van der Waals surface area contributed by atoms with Gasteiger partial charge in [0.15, 0.2) is 16.1 Å². The van der Waals surface area contributed by atoms with Gasteiger partial charge in [0.1, 0.15) is 5.25 Å². The lowest BCUT2D eigenvalue weighted by Gasteiger charge is -2.15. The van der Waals surface area contributed by atoms with Crippen LogP contribution in [0.1, 0.15) is 12.8 Å². The molecule has 1 unspecified atom stereocenters. The van der Waals surface area contributed by atoms with Gasteiger partial charge in [0.05, 0.1) is 5.75 Å². The zero-order valence-corrected chi connectivity index (χ0v) is 6.98. The van der Waals surface area contributed by atoms with E-state index in [-0.39, 0.29) is 18.6 Å². The first-order chi connectivity index (χ1) is 5.40. The van der Waals surface area contributed by atoms with Gasteiger partial charge in [-0.25, -0.2) is 8.42 Å². The van der Waals surface area contributed by atoms with Crippen LogP contribution in [0.5, 0.6) is 0 Å². The van der Waals surface area contributed by atoms with Crippen LogP contribution in [-0.2, 0) is 14.6 Å². The van der Waals surface area contributed by atoms with Gasteiger partial charge in [-0.2, -0.15) is 8.78 Å². The first-order valence-electron chi connectivity index (χ1n) is 3.46. The molecule has 3 nitrogen and oxygen atoms in total. The van der Waals surface area contributed by atoms with Crippen molar-refractivity contribution in [2.75, 3.05) is 5.75 Å². The van der Waals surface area contributed by atoms with E-state index in [1.54, 1.807) is 0 Å². The SMILES string of the molecule is O=CC(F)(F)C1CCCS1(=O)=O. The van der Waals surface area contributed by atoms with E-state index in [0.717, 1.165) is 0 Å². The Morgan fingerprint density at radius 2 is 2.00 bits per heavy atom. The quantitative estimate of drug-likeness (QED) is 0.603. The maximum absolute atomic E-state index is 12.6. The topological polar surface area (TPSA) is 51.2 Å². The lowest BCUT2D eigenvalue weighted by molar-refractivity contribution is -0.129. The van der Waals surface area contributed by atoms with Crippen molar-refractivity contribution in [1.29, 1.82) is 0 Å². The summed E-state index contributed by atoms with van der Waals surface area (Å²) < 4.78 is 47.1. The third-order valence-electron chi connectivity index (χ3n) is 1.92. The molecule has 1 heterocycles. The lowest BCUT2D eigenvalue weighted by Crippen LogP contribution is -2.38. The highest BCUT2D eigenvalue weighted by molar-refractivity contribution is 7.92. The molecule has 1 rings (SSSR count). The minimum atomic E-state index is -3.74. The van der Waals surface area contributed by atoms with Gasteiger partial charge < -0.3 is 0 Å². The molecule has 1 atom stereocenters. The van der Waals surface area contributed by atoms with E-state index in [1.165, 1.54) is 0 Å². The molecule has 0 aromatic rings. The molecule has 1 saturated heterocycles. The molecule has 12 heavy (non-hydrogen) atoms. The summed E-state index contributed by atoms with van der Waals surface area (Å²) in [5.41, 5.74) is 0. The molecule has 0 N–H and O–H groups in total. The van der Waals surface area contributed by atoms with Crippen LogP contribution in [0.2, 0.25) is 0 Å². The fraction of sp³-hybridized carbons (Fsp3) is 0.833. The molecule has 0 radical (unpaired) electrons. The van der Waals surface area contributed by atoms with E-state index in [0.29, 0.717) is 0 Å². The average Bonchev–Trinajstić information content (AvgIpc) is 2.30. The minimum Gasteiger partial charge on any atom is -0.297 e. The molecule has 0 aliphatic carbocycles. The van der Waals surface area contributed by atoms with Crippen LogP contribution >= 0.6 is 0 Å². The summed E-state index contributed by atoms with van der Waals surface area (Å²) in [5.74, 6) is -3.95. The summed E-state index contributed by atoms with van der Waals surface area (Å²) in [6, 6.07) is 0. The number of hydrogen-bond acceptors (Lipinski definition) is 3. The second-order valence-corrected chi connectivity index (χ2v) is 5.09. The summed E-state index contributed by atoms with van der Waals surface area (Å²) in [5, 5.41) is -1.79. The number of carbonyl (C=O) groups excluding carboxylic acids is 1. The zero-order chi connectivity index (χ0) is 9.41. The standard InChI is InChI=1S/C6H8F2O3S/c7-6(8,4-9)5-2-1-3-12(5,10)11/h4-5H,1-3H2. The van der Waals surface area contributed by atoms with Gasteiger partial charge in [-0.15, -0.1) is 0 Å². The third-order valence-corrected chi connectivity index (χ3v) is 4.19. The number of sulfone groups is 1. The van der Waals surface area contributed by atoms with Crippen LogP contribution < -0.4 is 0 Å². The molecular formula is C6H8F2O3S. The fourth-order valence-electron chi connectivity index (χ4n) is 1.30. The molecule has 0 spiro atoms. The van der Waals surface area contributed by atoms with Crippen LogP contribution in [-0.4, -0.2) is 31.6 Å². The monoisotopic (exact) mass is 198 g/mol. The van der Waals surface area contributed by atoms with E-state index in [2.05, 4.69) is 0 Å². The zero-order valence-electron chi connectivity index (χ0n) is 6.16. The van der Waals surface area contributed by atoms with Gasteiger partial charge in [-0.3, -0.25) is 4.79 Å². The predicted molar refractivity (Wildman–Crippen MR) is 37.8 cm³/mol. The van der Waals surface area contributed by atoms with Crippen molar-refractivity contribution in [2.45, 2.75) is 24.0 Å². The van der Waals surface area contributed by atoms with Gasteiger partial charge in [0.25, 0.3) is 0 Å². The third kappa shape index (κ3) is 1.48. The second-order valence-electron chi connectivity index (χ2n) is 2.79.